The summed E-state index contributed by atoms with van der Waals surface area (Å²) in [5, 5.41) is 24.5. The zero-order valence-corrected chi connectivity index (χ0v) is 19.3. The van der Waals surface area contributed by atoms with Crippen molar-refractivity contribution in [3.8, 4) is 0 Å². The second-order valence-corrected chi connectivity index (χ2v) is 12.0. The molecular formula is C27H38N2O2. The Morgan fingerprint density at radius 3 is 2.39 bits per heavy atom. The lowest BCUT2D eigenvalue weighted by Crippen LogP contribution is -2.52. The lowest BCUT2D eigenvalue weighted by molar-refractivity contribution is -0.0717. The van der Waals surface area contributed by atoms with Gasteiger partial charge in [-0.15, -0.1) is 0 Å². The molecule has 0 heterocycles. The van der Waals surface area contributed by atoms with Gasteiger partial charge >= 0.3 is 0 Å². The minimum Gasteiger partial charge on any atom is -0.411 e. The van der Waals surface area contributed by atoms with E-state index in [2.05, 4.69) is 55.3 Å². The van der Waals surface area contributed by atoms with Gasteiger partial charge in [0, 0.05) is 25.2 Å². The Morgan fingerprint density at radius 1 is 0.935 bits per heavy atom. The first-order valence-corrected chi connectivity index (χ1v) is 12.6. The van der Waals surface area contributed by atoms with Gasteiger partial charge in [-0.2, -0.15) is 0 Å². The Hall–Kier alpha value is -1.55. The maximum atomic E-state index is 10.9. The molecule has 2 N–H and O–H groups in total. The van der Waals surface area contributed by atoms with Gasteiger partial charge in [0.25, 0.3) is 0 Å². The van der Waals surface area contributed by atoms with E-state index in [4.69, 9.17) is 0 Å². The van der Waals surface area contributed by atoms with Gasteiger partial charge in [-0.3, -0.25) is 0 Å². The third-order valence-electron chi connectivity index (χ3n) is 10.7. The van der Waals surface area contributed by atoms with Crippen molar-refractivity contribution in [2.45, 2.75) is 69.8 Å². The highest BCUT2D eigenvalue weighted by Gasteiger charge is 2.66. The topological polar surface area (TPSA) is 56.1 Å². The number of aliphatic hydroxyl groups is 1. The predicted molar refractivity (Wildman–Crippen MR) is 124 cm³/mol. The number of anilines is 1. The molecule has 6 rings (SSSR count). The van der Waals surface area contributed by atoms with Crippen molar-refractivity contribution in [1.82, 2.24) is 0 Å². The standard InChI is InChI=1S/C27H38N2O2/c1-26-14-21(16-4-6-17(7-5-16)29(2)3)25-19-12-13-27(30)15-23(27)18(19)8-9-20(25)22(26)10-11-24(26)28-31/h4-7,18-23,25,30-31H,8-15H2,1-3H3/b28-24-/t18-,19+,20?,21-,22?,23?,25?,26+,27+/m1/s1. The molecule has 168 valence electrons. The zero-order chi connectivity index (χ0) is 21.5. The molecule has 9 atom stereocenters. The van der Waals surface area contributed by atoms with E-state index in [1.807, 2.05) is 0 Å². The molecule has 0 aromatic heterocycles. The van der Waals surface area contributed by atoms with Gasteiger partial charge < -0.3 is 15.2 Å². The molecule has 4 unspecified atom stereocenters. The van der Waals surface area contributed by atoms with Gasteiger partial charge in [0.1, 0.15) is 0 Å². The summed E-state index contributed by atoms with van der Waals surface area (Å²) in [6.45, 7) is 2.39. The molecule has 4 heteroatoms. The molecule has 0 aliphatic heterocycles. The van der Waals surface area contributed by atoms with Crippen molar-refractivity contribution < 1.29 is 10.3 Å². The van der Waals surface area contributed by atoms with Crippen molar-refractivity contribution in [3.05, 3.63) is 29.8 Å². The molecule has 5 saturated carbocycles. The normalized spacial score (nSPS) is 49.0. The maximum Gasteiger partial charge on any atom is 0.0683 e. The Bertz CT molecular complexity index is 895. The molecule has 1 aromatic carbocycles. The number of rotatable bonds is 2. The summed E-state index contributed by atoms with van der Waals surface area (Å²) in [6, 6.07) is 9.28. The first kappa shape index (κ1) is 20.1. The number of oxime groups is 1. The van der Waals surface area contributed by atoms with Gasteiger partial charge in [-0.05, 0) is 110 Å². The average molecular weight is 423 g/mol. The van der Waals surface area contributed by atoms with E-state index >= 15 is 0 Å². The van der Waals surface area contributed by atoms with Crippen LogP contribution in [-0.4, -0.2) is 35.7 Å². The monoisotopic (exact) mass is 422 g/mol. The van der Waals surface area contributed by atoms with E-state index in [-0.39, 0.29) is 11.0 Å². The summed E-state index contributed by atoms with van der Waals surface area (Å²) in [7, 11) is 4.20. The average Bonchev–Trinajstić information content (AvgIpc) is 3.35. The fraction of sp³-hybridized carbons (Fsp3) is 0.741. The number of benzene rings is 1. The molecule has 0 spiro atoms. The third kappa shape index (κ3) is 2.79. The minimum absolute atomic E-state index is 0.0304. The van der Waals surface area contributed by atoms with E-state index in [9.17, 15) is 10.3 Å². The predicted octanol–water partition coefficient (Wildman–Crippen LogP) is 5.29. The second kappa shape index (κ2) is 6.73. The molecular weight excluding hydrogens is 384 g/mol. The van der Waals surface area contributed by atoms with Crippen LogP contribution in [0.2, 0.25) is 0 Å². The van der Waals surface area contributed by atoms with Crippen LogP contribution < -0.4 is 4.90 Å². The summed E-state index contributed by atoms with van der Waals surface area (Å²) in [5.74, 6) is 4.66. The molecule has 0 saturated heterocycles. The highest BCUT2D eigenvalue weighted by atomic mass is 16.4. The van der Waals surface area contributed by atoms with E-state index < -0.39 is 0 Å². The van der Waals surface area contributed by atoms with Crippen molar-refractivity contribution in [3.63, 3.8) is 0 Å². The quantitative estimate of drug-likeness (QED) is 0.503. The smallest absolute Gasteiger partial charge is 0.0683 e. The van der Waals surface area contributed by atoms with Crippen LogP contribution in [0.25, 0.3) is 0 Å². The molecule has 31 heavy (non-hydrogen) atoms. The van der Waals surface area contributed by atoms with Gasteiger partial charge in [0.15, 0.2) is 0 Å². The van der Waals surface area contributed by atoms with E-state index in [1.54, 1.807) is 0 Å². The molecule has 0 bridgehead atoms. The maximum absolute atomic E-state index is 10.9. The number of hydrogen-bond acceptors (Lipinski definition) is 4. The SMILES string of the molecule is CN(C)c1ccc([C@H]2C[C@]3(C)/C(=N\O)CCC3C3CC[C@H]4C5C[C@@]5(O)CC[C@@H]4C32)cc1. The van der Waals surface area contributed by atoms with E-state index in [0.29, 0.717) is 23.7 Å². The van der Waals surface area contributed by atoms with Crippen LogP contribution in [0, 0.1) is 40.9 Å². The van der Waals surface area contributed by atoms with Crippen LogP contribution in [0.3, 0.4) is 0 Å². The van der Waals surface area contributed by atoms with Crippen LogP contribution in [-0.2, 0) is 0 Å². The zero-order valence-electron chi connectivity index (χ0n) is 19.3. The molecule has 5 aliphatic rings. The molecule has 4 nitrogen and oxygen atoms in total. The molecule has 1 aromatic rings. The Labute approximate surface area is 186 Å². The summed E-state index contributed by atoms with van der Waals surface area (Å²) in [5.41, 5.74) is 3.49. The highest BCUT2D eigenvalue weighted by Crippen LogP contribution is 2.69. The van der Waals surface area contributed by atoms with Crippen molar-refractivity contribution in [1.29, 1.82) is 0 Å². The summed E-state index contributed by atoms with van der Waals surface area (Å²) >= 11 is 0. The minimum atomic E-state index is -0.315. The van der Waals surface area contributed by atoms with Gasteiger partial charge in [0.2, 0.25) is 0 Å². The Balaban J connectivity index is 1.41. The molecule has 0 radical (unpaired) electrons. The fourth-order valence-corrected chi connectivity index (χ4v) is 9.13. The summed E-state index contributed by atoms with van der Waals surface area (Å²) in [4.78, 5) is 2.17. The molecule has 5 aliphatic carbocycles. The number of nitrogens with zero attached hydrogens (tertiary/aromatic N) is 2. The van der Waals surface area contributed by atoms with E-state index in [1.165, 1.54) is 36.9 Å². The molecule has 0 amide bonds. The lowest BCUT2D eigenvalue weighted by Gasteiger charge is -2.58. The van der Waals surface area contributed by atoms with Gasteiger partial charge in [0.05, 0.1) is 11.3 Å². The van der Waals surface area contributed by atoms with Crippen LogP contribution in [0.1, 0.15) is 69.8 Å². The number of hydrogen-bond donors (Lipinski definition) is 2. The van der Waals surface area contributed by atoms with Crippen LogP contribution in [0.15, 0.2) is 29.4 Å². The van der Waals surface area contributed by atoms with E-state index in [0.717, 1.165) is 49.1 Å². The second-order valence-electron chi connectivity index (χ2n) is 12.0. The van der Waals surface area contributed by atoms with Crippen molar-refractivity contribution in [2.24, 2.45) is 46.1 Å². The fourth-order valence-electron chi connectivity index (χ4n) is 9.13. The summed E-state index contributed by atoms with van der Waals surface area (Å²) in [6.07, 6.45) is 9.12. The van der Waals surface area contributed by atoms with Gasteiger partial charge in [-0.25, -0.2) is 0 Å². The number of fused-ring (bicyclic) bond motifs is 7. The van der Waals surface area contributed by atoms with Crippen LogP contribution in [0.5, 0.6) is 0 Å². The largest absolute Gasteiger partial charge is 0.411 e. The Morgan fingerprint density at radius 2 is 1.68 bits per heavy atom. The lowest BCUT2D eigenvalue weighted by atomic mass is 9.46. The van der Waals surface area contributed by atoms with Crippen molar-refractivity contribution in [2.75, 3.05) is 19.0 Å². The van der Waals surface area contributed by atoms with Crippen LogP contribution in [0.4, 0.5) is 5.69 Å². The molecule has 5 fully saturated rings. The third-order valence-corrected chi connectivity index (χ3v) is 10.7. The first-order chi connectivity index (χ1) is 14.9. The van der Waals surface area contributed by atoms with Crippen LogP contribution >= 0.6 is 0 Å². The van der Waals surface area contributed by atoms with Gasteiger partial charge in [-0.1, -0.05) is 24.2 Å². The van der Waals surface area contributed by atoms with Crippen molar-refractivity contribution >= 4 is 11.4 Å². The highest BCUT2D eigenvalue weighted by molar-refractivity contribution is 5.92. The Kier molecular flexibility index (Phi) is 4.36. The summed E-state index contributed by atoms with van der Waals surface area (Å²) < 4.78 is 0. The first-order valence-electron chi connectivity index (χ1n) is 12.6.